The van der Waals surface area contributed by atoms with E-state index in [0.717, 1.165) is 31.2 Å². The van der Waals surface area contributed by atoms with Crippen molar-refractivity contribution >= 4 is 10.0 Å². The van der Waals surface area contributed by atoms with Gasteiger partial charge in [0.05, 0.1) is 17.4 Å². The Balaban J connectivity index is 2.11. The fourth-order valence-electron chi connectivity index (χ4n) is 2.45. The Labute approximate surface area is 119 Å². The molecule has 1 aromatic rings. The molecule has 0 radical (unpaired) electrons. The van der Waals surface area contributed by atoms with Crippen LogP contribution in [0.4, 0.5) is 0 Å². The van der Waals surface area contributed by atoms with Crippen molar-refractivity contribution in [2.75, 3.05) is 0 Å². The van der Waals surface area contributed by atoms with Crippen LogP contribution >= 0.6 is 0 Å². The molecule has 0 saturated heterocycles. The van der Waals surface area contributed by atoms with E-state index in [1.54, 1.807) is 12.1 Å². The SMILES string of the molecule is N#CCc1ccc(S(=O)(=O)NC2CCCCC2N)cc1. The Morgan fingerprint density at radius 3 is 2.50 bits per heavy atom. The van der Waals surface area contributed by atoms with Gasteiger partial charge in [0.15, 0.2) is 0 Å². The second-order valence-corrected chi connectivity index (χ2v) is 6.87. The molecule has 0 heterocycles. The summed E-state index contributed by atoms with van der Waals surface area (Å²) in [5.41, 5.74) is 6.77. The molecule has 1 fully saturated rings. The lowest BCUT2D eigenvalue weighted by Crippen LogP contribution is -2.49. The predicted octanol–water partition coefficient (Wildman–Crippen LogP) is 1.30. The summed E-state index contributed by atoms with van der Waals surface area (Å²) in [6, 6.07) is 8.12. The zero-order valence-corrected chi connectivity index (χ0v) is 12.1. The molecule has 1 saturated carbocycles. The normalized spacial score (nSPS) is 23.2. The summed E-state index contributed by atoms with van der Waals surface area (Å²) in [5, 5.41) is 8.60. The molecule has 6 heteroatoms. The van der Waals surface area contributed by atoms with Crippen LogP contribution in [0.5, 0.6) is 0 Å². The third-order valence-electron chi connectivity index (χ3n) is 3.64. The fourth-order valence-corrected chi connectivity index (χ4v) is 3.77. The van der Waals surface area contributed by atoms with Gasteiger partial charge in [-0.05, 0) is 30.5 Å². The van der Waals surface area contributed by atoms with Crippen LogP contribution in [0.2, 0.25) is 0 Å². The highest BCUT2D eigenvalue weighted by Crippen LogP contribution is 2.19. The van der Waals surface area contributed by atoms with Crippen LogP contribution in [-0.4, -0.2) is 20.5 Å². The molecule has 0 bridgehead atoms. The molecule has 0 aliphatic heterocycles. The summed E-state index contributed by atoms with van der Waals surface area (Å²) < 4.78 is 27.3. The molecule has 3 N–H and O–H groups in total. The molecule has 5 nitrogen and oxygen atoms in total. The van der Waals surface area contributed by atoms with E-state index in [1.807, 2.05) is 6.07 Å². The predicted molar refractivity (Wildman–Crippen MR) is 76.3 cm³/mol. The summed E-state index contributed by atoms with van der Waals surface area (Å²) in [7, 11) is -3.54. The summed E-state index contributed by atoms with van der Waals surface area (Å²) in [5.74, 6) is 0. The smallest absolute Gasteiger partial charge is 0.240 e. The largest absolute Gasteiger partial charge is 0.326 e. The Kier molecular flexibility index (Phi) is 4.76. The van der Waals surface area contributed by atoms with Gasteiger partial charge in [0.25, 0.3) is 0 Å². The number of nitriles is 1. The van der Waals surface area contributed by atoms with Crippen molar-refractivity contribution in [3.8, 4) is 6.07 Å². The number of nitrogens with zero attached hydrogens (tertiary/aromatic N) is 1. The zero-order chi connectivity index (χ0) is 14.6. The van der Waals surface area contributed by atoms with E-state index in [0.29, 0.717) is 0 Å². The van der Waals surface area contributed by atoms with Crippen LogP contribution in [0, 0.1) is 11.3 Å². The summed E-state index contributed by atoms with van der Waals surface area (Å²) in [6.45, 7) is 0. The molecule has 1 aromatic carbocycles. The van der Waals surface area contributed by atoms with Gasteiger partial charge in [0.1, 0.15) is 0 Å². The topological polar surface area (TPSA) is 96.0 Å². The number of benzene rings is 1. The van der Waals surface area contributed by atoms with E-state index >= 15 is 0 Å². The van der Waals surface area contributed by atoms with Gasteiger partial charge in [-0.3, -0.25) is 0 Å². The molecule has 2 atom stereocenters. The molecule has 1 aliphatic rings. The van der Waals surface area contributed by atoms with Crippen LogP contribution in [0.1, 0.15) is 31.2 Å². The third-order valence-corrected chi connectivity index (χ3v) is 5.15. The van der Waals surface area contributed by atoms with Gasteiger partial charge in [-0.2, -0.15) is 5.26 Å². The second-order valence-electron chi connectivity index (χ2n) is 5.15. The monoisotopic (exact) mass is 293 g/mol. The molecule has 2 rings (SSSR count). The highest BCUT2D eigenvalue weighted by atomic mass is 32.2. The summed E-state index contributed by atoms with van der Waals surface area (Å²) >= 11 is 0. The maximum Gasteiger partial charge on any atom is 0.240 e. The molecule has 1 aliphatic carbocycles. The lowest BCUT2D eigenvalue weighted by Gasteiger charge is -2.29. The minimum Gasteiger partial charge on any atom is -0.326 e. The molecule has 2 unspecified atom stereocenters. The van der Waals surface area contributed by atoms with E-state index in [2.05, 4.69) is 4.72 Å². The minimum absolute atomic E-state index is 0.114. The highest BCUT2D eigenvalue weighted by Gasteiger charge is 2.27. The number of nitrogens with two attached hydrogens (primary N) is 1. The fraction of sp³-hybridized carbons (Fsp3) is 0.500. The average molecular weight is 293 g/mol. The van der Waals surface area contributed by atoms with Crippen molar-refractivity contribution in [1.82, 2.24) is 4.72 Å². The Morgan fingerprint density at radius 2 is 1.90 bits per heavy atom. The van der Waals surface area contributed by atoms with Crippen molar-refractivity contribution in [2.45, 2.75) is 49.1 Å². The minimum atomic E-state index is -3.54. The third kappa shape index (κ3) is 3.57. The van der Waals surface area contributed by atoms with E-state index in [1.165, 1.54) is 12.1 Å². The first kappa shape index (κ1) is 15.0. The maximum absolute atomic E-state index is 12.3. The van der Waals surface area contributed by atoms with Gasteiger partial charge in [-0.1, -0.05) is 25.0 Å². The van der Waals surface area contributed by atoms with Crippen LogP contribution < -0.4 is 10.5 Å². The van der Waals surface area contributed by atoms with Crippen molar-refractivity contribution < 1.29 is 8.42 Å². The number of rotatable bonds is 4. The van der Waals surface area contributed by atoms with Crippen molar-refractivity contribution in [1.29, 1.82) is 5.26 Å². The van der Waals surface area contributed by atoms with E-state index in [9.17, 15) is 8.42 Å². The molecule has 108 valence electrons. The van der Waals surface area contributed by atoms with Gasteiger partial charge in [0.2, 0.25) is 10.0 Å². The Morgan fingerprint density at radius 1 is 1.25 bits per heavy atom. The summed E-state index contributed by atoms with van der Waals surface area (Å²) in [4.78, 5) is 0.219. The first-order valence-electron chi connectivity index (χ1n) is 6.77. The number of hydrogen-bond acceptors (Lipinski definition) is 4. The lowest BCUT2D eigenvalue weighted by molar-refractivity contribution is 0.361. The van der Waals surface area contributed by atoms with Crippen LogP contribution in [-0.2, 0) is 16.4 Å². The Hall–Kier alpha value is -1.42. The maximum atomic E-state index is 12.3. The average Bonchev–Trinajstić information content (AvgIpc) is 2.42. The molecule has 0 amide bonds. The van der Waals surface area contributed by atoms with Gasteiger partial charge < -0.3 is 5.73 Å². The molecular weight excluding hydrogens is 274 g/mol. The standard InChI is InChI=1S/C14H19N3O2S/c15-10-9-11-5-7-12(8-6-11)20(18,19)17-14-4-2-1-3-13(14)16/h5-8,13-14,17H,1-4,9,16H2. The van der Waals surface area contributed by atoms with E-state index in [4.69, 9.17) is 11.0 Å². The number of nitrogens with one attached hydrogen (secondary N) is 1. The highest BCUT2D eigenvalue weighted by molar-refractivity contribution is 7.89. The van der Waals surface area contributed by atoms with Gasteiger partial charge in [-0.15, -0.1) is 0 Å². The van der Waals surface area contributed by atoms with Gasteiger partial charge >= 0.3 is 0 Å². The van der Waals surface area contributed by atoms with E-state index in [-0.39, 0.29) is 23.4 Å². The van der Waals surface area contributed by atoms with E-state index < -0.39 is 10.0 Å². The number of hydrogen-bond donors (Lipinski definition) is 2. The van der Waals surface area contributed by atoms with Crippen LogP contribution in [0.3, 0.4) is 0 Å². The van der Waals surface area contributed by atoms with Crippen molar-refractivity contribution in [3.63, 3.8) is 0 Å². The first-order valence-corrected chi connectivity index (χ1v) is 8.25. The Bertz CT molecular complexity index is 590. The summed E-state index contributed by atoms with van der Waals surface area (Å²) in [6.07, 6.45) is 3.98. The molecule has 20 heavy (non-hydrogen) atoms. The van der Waals surface area contributed by atoms with Crippen LogP contribution in [0.15, 0.2) is 29.2 Å². The number of sulfonamides is 1. The van der Waals surface area contributed by atoms with Crippen LogP contribution in [0.25, 0.3) is 0 Å². The second kappa shape index (κ2) is 6.35. The molecular formula is C14H19N3O2S. The lowest BCUT2D eigenvalue weighted by atomic mass is 9.92. The van der Waals surface area contributed by atoms with Gasteiger partial charge in [-0.25, -0.2) is 13.1 Å². The molecule has 0 aromatic heterocycles. The van der Waals surface area contributed by atoms with Crippen molar-refractivity contribution in [2.24, 2.45) is 5.73 Å². The molecule has 0 spiro atoms. The van der Waals surface area contributed by atoms with Crippen molar-refractivity contribution in [3.05, 3.63) is 29.8 Å². The zero-order valence-electron chi connectivity index (χ0n) is 11.2. The quantitative estimate of drug-likeness (QED) is 0.874. The first-order chi connectivity index (χ1) is 9.53. The van der Waals surface area contributed by atoms with Gasteiger partial charge in [0, 0.05) is 12.1 Å².